The van der Waals surface area contributed by atoms with Crippen molar-refractivity contribution >= 4 is 12.2 Å². The Morgan fingerprint density at radius 2 is 2.42 bits per heavy atom. The molecule has 70 valence electrons. The number of ether oxygens (including phenoxy) is 1. The van der Waals surface area contributed by atoms with Gasteiger partial charge in [0.25, 0.3) is 0 Å². The normalized spacial score (nSPS) is 13.2. The van der Waals surface area contributed by atoms with Gasteiger partial charge in [-0.15, -0.1) is 0 Å². The molecule has 0 aromatic carbocycles. The first-order chi connectivity index (χ1) is 5.70. The predicted octanol–water partition coefficient (Wildman–Crippen LogP) is 0.391. The second-order valence-corrected chi connectivity index (χ2v) is 2.37. The van der Waals surface area contributed by atoms with Crippen molar-refractivity contribution in [3.8, 4) is 0 Å². The summed E-state index contributed by atoms with van der Waals surface area (Å²) < 4.78 is 4.66. The Bertz CT molecular complexity index is 156. The molecular weight excluding hydrogens is 158 g/mol. The number of nitrogens with zero attached hydrogens (tertiary/aromatic N) is 1. The van der Waals surface area contributed by atoms with Gasteiger partial charge in [-0.1, -0.05) is 0 Å². The summed E-state index contributed by atoms with van der Waals surface area (Å²) >= 11 is 0. The molecule has 0 heterocycles. The maximum absolute atomic E-state index is 10.7. The molecule has 0 saturated heterocycles. The van der Waals surface area contributed by atoms with E-state index < -0.39 is 0 Å². The molecular formula is C8H15NO3. The number of rotatable bonds is 5. The van der Waals surface area contributed by atoms with Crippen LogP contribution in [0.25, 0.3) is 0 Å². The summed E-state index contributed by atoms with van der Waals surface area (Å²) in [5.41, 5.74) is 0. The van der Waals surface area contributed by atoms with Crippen LogP contribution in [0.5, 0.6) is 0 Å². The number of carbonyl (C=O) groups excluding carboxylic acids is 1. The zero-order valence-electron chi connectivity index (χ0n) is 7.49. The largest absolute Gasteiger partial charge is 0.466 e. The second-order valence-electron chi connectivity index (χ2n) is 2.37. The monoisotopic (exact) mass is 173 g/mol. The Morgan fingerprint density at radius 1 is 1.75 bits per heavy atom. The van der Waals surface area contributed by atoms with Gasteiger partial charge in [0.1, 0.15) is 0 Å². The Balaban J connectivity index is 3.52. The van der Waals surface area contributed by atoms with Crippen LogP contribution in [0.2, 0.25) is 0 Å². The van der Waals surface area contributed by atoms with Crippen LogP contribution >= 0.6 is 0 Å². The van der Waals surface area contributed by atoms with Gasteiger partial charge in [0.05, 0.1) is 25.7 Å². The minimum atomic E-state index is -0.286. The van der Waals surface area contributed by atoms with Crippen molar-refractivity contribution in [3.63, 3.8) is 0 Å². The fourth-order valence-electron chi connectivity index (χ4n) is 0.574. The number of esters is 1. The molecule has 0 unspecified atom stereocenters. The van der Waals surface area contributed by atoms with E-state index in [1.165, 1.54) is 6.21 Å². The van der Waals surface area contributed by atoms with Crippen LogP contribution in [0.3, 0.4) is 0 Å². The van der Waals surface area contributed by atoms with Crippen LogP contribution < -0.4 is 0 Å². The van der Waals surface area contributed by atoms with Crippen molar-refractivity contribution in [2.75, 3.05) is 13.2 Å². The third kappa shape index (κ3) is 5.85. The van der Waals surface area contributed by atoms with Crippen LogP contribution in [0.15, 0.2) is 4.99 Å². The van der Waals surface area contributed by atoms with Gasteiger partial charge in [0.2, 0.25) is 0 Å². The molecule has 0 spiro atoms. The average Bonchev–Trinajstić information content (AvgIpc) is 2.04. The third-order valence-electron chi connectivity index (χ3n) is 1.19. The van der Waals surface area contributed by atoms with Gasteiger partial charge in [0.15, 0.2) is 0 Å². The molecule has 4 nitrogen and oxygen atoms in total. The molecule has 0 saturated carbocycles. The third-order valence-corrected chi connectivity index (χ3v) is 1.19. The SMILES string of the molecule is CCOC(=O)CC=N[C@@H](C)CO. The molecule has 0 aromatic heterocycles. The van der Waals surface area contributed by atoms with Crippen LogP contribution in [0.1, 0.15) is 20.3 Å². The molecule has 12 heavy (non-hydrogen) atoms. The summed E-state index contributed by atoms with van der Waals surface area (Å²) in [6.07, 6.45) is 1.65. The van der Waals surface area contributed by atoms with E-state index in [0.717, 1.165) is 0 Å². The number of hydrogen-bond donors (Lipinski definition) is 1. The summed E-state index contributed by atoms with van der Waals surface area (Å²) in [4.78, 5) is 14.6. The first-order valence-electron chi connectivity index (χ1n) is 3.98. The van der Waals surface area contributed by atoms with Gasteiger partial charge in [-0.05, 0) is 13.8 Å². The van der Waals surface area contributed by atoms with E-state index in [4.69, 9.17) is 5.11 Å². The number of aliphatic hydroxyl groups excluding tert-OH is 1. The van der Waals surface area contributed by atoms with Gasteiger partial charge in [-0.25, -0.2) is 0 Å². The fourth-order valence-corrected chi connectivity index (χ4v) is 0.574. The van der Waals surface area contributed by atoms with Crippen molar-refractivity contribution in [1.82, 2.24) is 0 Å². The summed E-state index contributed by atoms with van der Waals surface area (Å²) in [6, 6.07) is -0.139. The van der Waals surface area contributed by atoms with Crippen molar-refractivity contribution in [1.29, 1.82) is 0 Å². The van der Waals surface area contributed by atoms with E-state index in [0.29, 0.717) is 6.61 Å². The van der Waals surface area contributed by atoms with Gasteiger partial charge < -0.3 is 9.84 Å². The lowest BCUT2D eigenvalue weighted by Crippen LogP contribution is -2.07. The van der Waals surface area contributed by atoms with Crippen LogP contribution in [0.4, 0.5) is 0 Å². The Labute approximate surface area is 72.3 Å². The van der Waals surface area contributed by atoms with Gasteiger partial charge in [-0.2, -0.15) is 0 Å². The number of hydrogen-bond acceptors (Lipinski definition) is 4. The molecule has 0 aliphatic heterocycles. The van der Waals surface area contributed by atoms with E-state index in [1.807, 2.05) is 0 Å². The molecule has 0 radical (unpaired) electrons. The van der Waals surface area contributed by atoms with E-state index in [1.54, 1.807) is 13.8 Å². The number of carbonyl (C=O) groups is 1. The highest BCUT2D eigenvalue weighted by atomic mass is 16.5. The van der Waals surface area contributed by atoms with E-state index >= 15 is 0 Å². The molecule has 0 fully saturated rings. The van der Waals surface area contributed by atoms with Crippen molar-refractivity contribution in [3.05, 3.63) is 0 Å². The molecule has 0 aliphatic carbocycles. The molecule has 0 aliphatic rings. The van der Waals surface area contributed by atoms with E-state index in [-0.39, 0.29) is 25.0 Å². The molecule has 0 bridgehead atoms. The standard InChI is InChI=1S/C8H15NO3/c1-3-12-8(11)4-5-9-7(2)6-10/h5,7,10H,3-4,6H2,1-2H3/t7-/m0/s1. The number of aliphatic hydroxyl groups is 1. The smallest absolute Gasteiger partial charge is 0.311 e. The minimum absolute atomic E-state index is 0.000669. The molecule has 1 N–H and O–H groups in total. The summed E-state index contributed by atoms with van der Waals surface area (Å²) in [6.45, 7) is 3.91. The van der Waals surface area contributed by atoms with Crippen molar-refractivity contribution in [2.24, 2.45) is 4.99 Å². The molecule has 1 atom stereocenters. The minimum Gasteiger partial charge on any atom is -0.466 e. The highest BCUT2D eigenvalue weighted by Gasteiger charge is 1.98. The fraction of sp³-hybridized carbons (Fsp3) is 0.750. The van der Waals surface area contributed by atoms with Gasteiger partial charge >= 0.3 is 5.97 Å². The van der Waals surface area contributed by atoms with E-state index in [2.05, 4.69) is 9.73 Å². The molecule has 4 heteroatoms. The van der Waals surface area contributed by atoms with Crippen LogP contribution in [-0.2, 0) is 9.53 Å². The summed E-state index contributed by atoms with van der Waals surface area (Å²) in [5, 5.41) is 8.57. The Hall–Kier alpha value is -0.900. The van der Waals surface area contributed by atoms with Gasteiger partial charge in [-0.3, -0.25) is 9.79 Å². The predicted molar refractivity (Wildman–Crippen MR) is 46.3 cm³/mol. The zero-order chi connectivity index (χ0) is 9.40. The molecule has 0 rings (SSSR count). The first kappa shape index (κ1) is 11.1. The summed E-state index contributed by atoms with van der Waals surface area (Å²) in [5.74, 6) is -0.286. The van der Waals surface area contributed by atoms with Crippen LogP contribution in [-0.4, -0.2) is 36.5 Å². The maximum Gasteiger partial charge on any atom is 0.311 e. The second kappa shape index (κ2) is 6.79. The molecule has 0 aromatic rings. The van der Waals surface area contributed by atoms with E-state index in [9.17, 15) is 4.79 Å². The lowest BCUT2D eigenvalue weighted by atomic mass is 10.4. The number of aliphatic imine (C=N–C) groups is 1. The Morgan fingerprint density at radius 3 is 2.92 bits per heavy atom. The van der Waals surface area contributed by atoms with Crippen LogP contribution in [0, 0.1) is 0 Å². The lowest BCUT2D eigenvalue weighted by molar-refractivity contribution is -0.141. The quantitative estimate of drug-likeness (QED) is 0.483. The summed E-state index contributed by atoms with van der Waals surface area (Å²) in [7, 11) is 0. The maximum atomic E-state index is 10.7. The average molecular weight is 173 g/mol. The highest BCUT2D eigenvalue weighted by Crippen LogP contribution is 1.88. The van der Waals surface area contributed by atoms with Crippen molar-refractivity contribution in [2.45, 2.75) is 26.3 Å². The first-order valence-corrected chi connectivity index (χ1v) is 3.98. The van der Waals surface area contributed by atoms with Gasteiger partial charge in [0, 0.05) is 6.21 Å². The lowest BCUT2D eigenvalue weighted by Gasteiger charge is -1.99. The van der Waals surface area contributed by atoms with Crippen molar-refractivity contribution < 1.29 is 14.6 Å². The topological polar surface area (TPSA) is 58.9 Å². The zero-order valence-corrected chi connectivity index (χ0v) is 7.49. The molecule has 0 amide bonds. The Kier molecular flexibility index (Phi) is 6.28. The highest BCUT2D eigenvalue weighted by molar-refractivity contribution is 5.85.